The van der Waals surface area contributed by atoms with Crippen molar-refractivity contribution < 1.29 is 14.5 Å². The van der Waals surface area contributed by atoms with Gasteiger partial charge in [-0.15, -0.1) is 0 Å². The minimum Gasteiger partial charge on any atom is -0.444 e. The van der Waals surface area contributed by atoms with Crippen LogP contribution in [0.4, 0.5) is 10.5 Å². The third kappa shape index (κ3) is 3.26. The van der Waals surface area contributed by atoms with Crippen LogP contribution in [0.5, 0.6) is 0 Å². The summed E-state index contributed by atoms with van der Waals surface area (Å²) in [7, 11) is 0. The highest BCUT2D eigenvalue weighted by molar-refractivity contribution is 5.70. The van der Waals surface area contributed by atoms with Crippen molar-refractivity contribution in [2.75, 3.05) is 0 Å². The first kappa shape index (κ1) is 14.3. The quantitative estimate of drug-likeness (QED) is 0.680. The number of carbonyl (C=O) groups excluding carboxylic acids is 1. The Balaban J connectivity index is 2.08. The molecular formula is C14H18N2O4. The Labute approximate surface area is 117 Å². The number of ether oxygens (including phenoxy) is 1. The Morgan fingerprint density at radius 1 is 1.30 bits per heavy atom. The molecule has 0 bridgehead atoms. The van der Waals surface area contributed by atoms with Crippen molar-refractivity contribution >= 4 is 11.8 Å². The lowest BCUT2D eigenvalue weighted by atomic mass is 10.0. The molecule has 1 aromatic carbocycles. The molecule has 1 aromatic rings. The van der Waals surface area contributed by atoms with Gasteiger partial charge in [-0.25, -0.2) is 4.79 Å². The van der Waals surface area contributed by atoms with Crippen LogP contribution in [0.25, 0.3) is 0 Å². The van der Waals surface area contributed by atoms with Gasteiger partial charge in [-0.3, -0.25) is 10.1 Å². The third-order valence-electron chi connectivity index (χ3n) is 3.12. The van der Waals surface area contributed by atoms with E-state index in [0.29, 0.717) is 0 Å². The lowest BCUT2D eigenvalue weighted by Crippen LogP contribution is -2.39. The first-order valence-corrected chi connectivity index (χ1v) is 6.48. The molecule has 0 atom stereocenters. The molecule has 1 fully saturated rings. The SMILES string of the molecule is CC(C)(C)OC(=O)NC1(c2ccc([N+](=O)[O-])cc2)CC1. The molecule has 1 aliphatic carbocycles. The average molecular weight is 278 g/mol. The van der Waals surface area contributed by atoms with Crippen molar-refractivity contribution in [3.05, 3.63) is 39.9 Å². The third-order valence-corrected chi connectivity index (χ3v) is 3.12. The summed E-state index contributed by atoms with van der Waals surface area (Å²) in [5, 5.41) is 13.5. The van der Waals surface area contributed by atoms with Crippen LogP contribution in [0.3, 0.4) is 0 Å². The molecule has 0 unspecified atom stereocenters. The van der Waals surface area contributed by atoms with E-state index in [1.807, 2.05) is 0 Å². The van der Waals surface area contributed by atoms with Crippen molar-refractivity contribution in [2.45, 2.75) is 44.8 Å². The van der Waals surface area contributed by atoms with Crippen molar-refractivity contribution in [2.24, 2.45) is 0 Å². The van der Waals surface area contributed by atoms with Gasteiger partial charge in [-0.05, 0) is 51.3 Å². The Hall–Kier alpha value is -2.11. The van der Waals surface area contributed by atoms with Gasteiger partial charge in [0.1, 0.15) is 5.60 Å². The van der Waals surface area contributed by atoms with Crippen molar-refractivity contribution in [3.63, 3.8) is 0 Å². The van der Waals surface area contributed by atoms with Crippen molar-refractivity contribution in [1.82, 2.24) is 5.32 Å². The fourth-order valence-electron chi connectivity index (χ4n) is 2.01. The molecule has 108 valence electrons. The monoisotopic (exact) mass is 278 g/mol. The molecule has 1 aliphatic rings. The zero-order valence-corrected chi connectivity index (χ0v) is 11.8. The van der Waals surface area contributed by atoms with Crippen LogP contribution in [-0.2, 0) is 10.3 Å². The zero-order chi connectivity index (χ0) is 15.0. The maximum absolute atomic E-state index is 11.8. The van der Waals surface area contributed by atoms with E-state index >= 15 is 0 Å². The van der Waals surface area contributed by atoms with Gasteiger partial charge in [0.2, 0.25) is 0 Å². The number of rotatable bonds is 3. The molecule has 0 radical (unpaired) electrons. The van der Waals surface area contributed by atoms with Crippen LogP contribution >= 0.6 is 0 Å². The number of alkyl carbamates (subject to hydrolysis) is 1. The number of hydrogen-bond donors (Lipinski definition) is 1. The van der Waals surface area contributed by atoms with Gasteiger partial charge in [0, 0.05) is 12.1 Å². The first-order valence-electron chi connectivity index (χ1n) is 6.48. The smallest absolute Gasteiger partial charge is 0.408 e. The second kappa shape index (κ2) is 4.77. The Morgan fingerprint density at radius 2 is 1.85 bits per heavy atom. The van der Waals surface area contributed by atoms with E-state index in [1.54, 1.807) is 32.9 Å². The number of benzene rings is 1. The minimum absolute atomic E-state index is 0.0434. The summed E-state index contributed by atoms with van der Waals surface area (Å²) in [6.07, 6.45) is 1.15. The van der Waals surface area contributed by atoms with Crippen molar-refractivity contribution in [1.29, 1.82) is 0 Å². The number of hydrogen-bond acceptors (Lipinski definition) is 4. The lowest BCUT2D eigenvalue weighted by molar-refractivity contribution is -0.384. The van der Waals surface area contributed by atoms with Gasteiger partial charge in [0.25, 0.3) is 5.69 Å². The van der Waals surface area contributed by atoms with E-state index in [2.05, 4.69) is 5.32 Å². The van der Waals surface area contributed by atoms with E-state index < -0.39 is 22.2 Å². The molecule has 0 aromatic heterocycles. The number of nitro groups is 1. The molecule has 0 aliphatic heterocycles. The Kier molecular flexibility index (Phi) is 3.41. The predicted molar refractivity (Wildman–Crippen MR) is 73.4 cm³/mol. The summed E-state index contributed by atoms with van der Waals surface area (Å²) < 4.78 is 5.24. The molecule has 1 N–H and O–H groups in total. The van der Waals surface area contributed by atoms with Gasteiger partial charge in [0.15, 0.2) is 0 Å². The van der Waals surface area contributed by atoms with E-state index in [9.17, 15) is 14.9 Å². The number of nitrogens with zero attached hydrogens (tertiary/aromatic N) is 1. The molecule has 0 heterocycles. The highest BCUT2D eigenvalue weighted by atomic mass is 16.6. The van der Waals surface area contributed by atoms with Gasteiger partial charge >= 0.3 is 6.09 Å². The summed E-state index contributed by atoms with van der Waals surface area (Å²) in [6.45, 7) is 5.41. The van der Waals surface area contributed by atoms with Gasteiger partial charge in [-0.2, -0.15) is 0 Å². The molecule has 20 heavy (non-hydrogen) atoms. The molecule has 1 saturated carbocycles. The zero-order valence-electron chi connectivity index (χ0n) is 11.8. The fourth-order valence-corrected chi connectivity index (χ4v) is 2.01. The molecular weight excluding hydrogens is 260 g/mol. The van der Waals surface area contributed by atoms with E-state index in [4.69, 9.17) is 4.74 Å². The summed E-state index contributed by atoms with van der Waals surface area (Å²) in [5.41, 5.74) is -0.0663. The normalized spacial score (nSPS) is 16.4. The number of amides is 1. The topological polar surface area (TPSA) is 81.5 Å². The standard InChI is InChI=1S/C14H18N2O4/c1-13(2,3)20-12(17)15-14(8-9-14)10-4-6-11(7-5-10)16(18)19/h4-7H,8-9H2,1-3H3,(H,15,17). The Bertz CT molecular complexity index is 527. The first-order chi connectivity index (χ1) is 9.22. The van der Waals surface area contributed by atoms with E-state index in [0.717, 1.165) is 18.4 Å². The number of nitrogens with one attached hydrogen (secondary N) is 1. The summed E-state index contributed by atoms with van der Waals surface area (Å²) >= 11 is 0. The minimum atomic E-state index is -0.546. The number of carbonyl (C=O) groups is 1. The predicted octanol–water partition coefficient (Wildman–Crippen LogP) is 3.11. The highest BCUT2D eigenvalue weighted by Gasteiger charge is 2.46. The van der Waals surface area contributed by atoms with Gasteiger partial charge < -0.3 is 10.1 Å². The molecule has 1 amide bonds. The average Bonchev–Trinajstić information content (AvgIpc) is 3.07. The van der Waals surface area contributed by atoms with Crippen LogP contribution in [0.2, 0.25) is 0 Å². The maximum atomic E-state index is 11.8. The molecule has 6 nitrogen and oxygen atoms in total. The van der Waals surface area contributed by atoms with Crippen LogP contribution < -0.4 is 5.32 Å². The fraction of sp³-hybridized carbons (Fsp3) is 0.500. The largest absolute Gasteiger partial charge is 0.444 e. The summed E-state index contributed by atoms with van der Waals surface area (Å²) in [5.74, 6) is 0. The summed E-state index contributed by atoms with van der Waals surface area (Å²) in [4.78, 5) is 22.0. The molecule has 0 spiro atoms. The lowest BCUT2D eigenvalue weighted by Gasteiger charge is -2.23. The van der Waals surface area contributed by atoms with Crippen LogP contribution in [0, 0.1) is 10.1 Å². The van der Waals surface area contributed by atoms with Crippen LogP contribution in [0.1, 0.15) is 39.2 Å². The molecule has 6 heteroatoms. The molecule has 2 rings (SSSR count). The maximum Gasteiger partial charge on any atom is 0.408 e. The van der Waals surface area contributed by atoms with Gasteiger partial charge in [0.05, 0.1) is 10.5 Å². The van der Waals surface area contributed by atoms with E-state index in [-0.39, 0.29) is 5.69 Å². The molecule has 0 saturated heterocycles. The second-order valence-electron chi connectivity index (χ2n) is 6.01. The number of non-ortho nitro benzene ring substituents is 1. The van der Waals surface area contributed by atoms with Crippen LogP contribution in [-0.4, -0.2) is 16.6 Å². The van der Waals surface area contributed by atoms with E-state index in [1.165, 1.54) is 12.1 Å². The van der Waals surface area contributed by atoms with Crippen LogP contribution in [0.15, 0.2) is 24.3 Å². The van der Waals surface area contributed by atoms with Gasteiger partial charge in [-0.1, -0.05) is 0 Å². The highest BCUT2D eigenvalue weighted by Crippen LogP contribution is 2.45. The van der Waals surface area contributed by atoms with Crippen molar-refractivity contribution in [3.8, 4) is 0 Å². The second-order valence-corrected chi connectivity index (χ2v) is 6.01. The Morgan fingerprint density at radius 3 is 2.25 bits per heavy atom. The summed E-state index contributed by atoms with van der Waals surface area (Å²) in [6, 6.07) is 6.27. The number of nitro benzene ring substituents is 1.